The molecule has 0 radical (unpaired) electrons. The minimum atomic E-state index is -1.10. The van der Waals surface area contributed by atoms with E-state index in [-0.39, 0.29) is 11.6 Å². The summed E-state index contributed by atoms with van der Waals surface area (Å²) in [6, 6.07) is 5.54. The van der Waals surface area contributed by atoms with Crippen molar-refractivity contribution in [2.45, 2.75) is 26.3 Å². The van der Waals surface area contributed by atoms with Gasteiger partial charge in [-0.2, -0.15) is 5.10 Å². The fourth-order valence-corrected chi connectivity index (χ4v) is 2.21. The van der Waals surface area contributed by atoms with E-state index in [1.54, 1.807) is 24.3 Å². The lowest BCUT2D eigenvalue weighted by atomic mass is 10.0. The quantitative estimate of drug-likeness (QED) is 0.767. The van der Waals surface area contributed by atoms with Gasteiger partial charge < -0.3 is 10.4 Å². The summed E-state index contributed by atoms with van der Waals surface area (Å²) in [5, 5.41) is 18.4. The molecule has 0 unspecified atom stereocenters. The van der Waals surface area contributed by atoms with Crippen LogP contribution in [0.25, 0.3) is 10.8 Å². The zero-order chi connectivity index (χ0) is 16.3. The number of amides is 1. The number of carbonyl (C=O) groups is 2. The van der Waals surface area contributed by atoms with Gasteiger partial charge in [0.15, 0.2) is 5.69 Å². The first-order valence-electron chi connectivity index (χ1n) is 6.91. The molecule has 0 aliphatic heterocycles. The van der Waals surface area contributed by atoms with Gasteiger partial charge in [0.05, 0.1) is 5.39 Å². The molecule has 3 N–H and O–H groups in total. The number of aromatic amines is 1. The number of nitrogens with one attached hydrogen (secondary N) is 2. The van der Waals surface area contributed by atoms with Gasteiger partial charge in [0.2, 0.25) is 0 Å². The summed E-state index contributed by atoms with van der Waals surface area (Å²) >= 11 is 0. The molecule has 1 amide bonds. The van der Waals surface area contributed by atoms with Crippen LogP contribution in [0.2, 0.25) is 0 Å². The highest BCUT2D eigenvalue weighted by atomic mass is 16.4. The Hall–Kier alpha value is -2.70. The van der Waals surface area contributed by atoms with Crippen molar-refractivity contribution in [3.63, 3.8) is 0 Å². The summed E-state index contributed by atoms with van der Waals surface area (Å²) in [5.74, 6) is -1.61. The predicted octanol–water partition coefficient (Wildman–Crippen LogP) is 1.15. The average molecular weight is 303 g/mol. The van der Waals surface area contributed by atoms with Crippen LogP contribution < -0.4 is 10.9 Å². The van der Waals surface area contributed by atoms with Crippen LogP contribution in [0, 0.1) is 5.92 Å². The zero-order valence-corrected chi connectivity index (χ0v) is 12.3. The molecule has 0 bridgehead atoms. The number of carboxylic acids is 1. The lowest BCUT2D eigenvalue weighted by Gasteiger charge is -2.16. The SMILES string of the molecule is CC(C)C[C@H](NC(=O)c1n[nH]c(=O)c2ccccc12)C(=O)O. The van der Waals surface area contributed by atoms with E-state index in [9.17, 15) is 19.5 Å². The molecule has 2 aromatic rings. The minimum absolute atomic E-state index is 0.00482. The molecule has 22 heavy (non-hydrogen) atoms. The van der Waals surface area contributed by atoms with E-state index in [1.165, 1.54) is 0 Å². The molecular weight excluding hydrogens is 286 g/mol. The van der Waals surface area contributed by atoms with E-state index in [0.29, 0.717) is 17.2 Å². The number of carboxylic acid groups (broad SMARTS) is 1. The summed E-state index contributed by atoms with van der Waals surface area (Å²) in [6.45, 7) is 3.74. The Balaban J connectivity index is 2.36. The number of benzene rings is 1. The first-order chi connectivity index (χ1) is 10.4. The monoisotopic (exact) mass is 303 g/mol. The average Bonchev–Trinajstić information content (AvgIpc) is 2.46. The Labute approximate surface area is 126 Å². The van der Waals surface area contributed by atoms with Crippen LogP contribution in [-0.4, -0.2) is 33.2 Å². The summed E-state index contributed by atoms with van der Waals surface area (Å²) in [4.78, 5) is 35.2. The second-order valence-electron chi connectivity index (χ2n) is 5.44. The second-order valence-corrected chi connectivity index (χ2v) is 5.44. The van der Waals surface area contributed by atoms with Crippen LogP contribution in [0.3, 0.4) is 0 Å². The number of rotatable bonds is 5. The maximum Gasteiger partial charge on any atom is 0.326 e. The van der Waals surface area contributed by atoms with Crippen LogP contribution in [0.4, 0.5) is 0 Å². The van der Waals surface area contributed by atoms with E-state index < -0.39 is 23.5 Å². The fourth-order valence-electron chi connectivity index (χ4n) is 2.21. The maximum atomic E-state index is 12.3. The number of aromatic nitrogens is 2. The van der Waals surface area contributed by atoms with E-state index in [2.05, 4.69) is 15.5 Å². The van der Waals surface area contributed by atoms with Crippen LogP contribution in [-0.2, 0) is 4.79 Å². The summed E-state index contributed by atoms with van der Waals surface area (Å²) in [6.07, 6.45) is 0.308. The third-order valence-corrected chi connectivity index (χ3v) is 3.22. The van der Waals surface area contributed by atoms with Crippen molar-refractivity contribution in [2.24, 2.45) is 5.92 Å². The molecule has 0 aliphatic rings. The summed E-state index contributed by atoms with van der Waals surface area (Å²) in [5.41, 5.74) is -0.394. The van der Waals surface area contributed by atoms with Crippen LogP contribution in [0.15, 0.2) is 29.1 Å². The van der Waals surface area contributed by atoms with Gasteiger partial charge >= 0.3 is 5.97 Å². The van der Waals surface area contributed by atoms with Crippen molar-refractivity contribution >= 4 is 22.6 Å². The molecule has 2 rings (SSSR count). The van der Waals surface area contributed by atoms with Crippen molar-refractivity contribution in [3.05, 3.63) is 40.3 Å². The van der Waals surface area contributed by atoms with Gasteiger partial charge in [-0.15, -0.1) is 0 Å². The van der Waals surface area contributed by atoms with E-state index in [0.717, 1.165) is 0 Å². The number of H-pyrrole nitrogens is 1. The number of fused-ring (bicyclic) bond motifs is 1. The molecule has 1 aromatic heterocycles. The molecule has 0 saturated carbocycles. The van der Waals surface area contributed by atoms with E-state index in [4.69, 9.17) is 0 Å². The normalized spacial score (nSPS) is 12.3. The number of aliphatic carboxylic acids is 1. The van der Waals surface area contributed by atoms with Gasteiger partial charge in [-0.3, -0.25) is 9.59 Å². The molecule has 0 saturated heterocycles. The highest BCUT2D eigenvalue weighted by molar-refractivity contribution is 6.05. The van der Waals surface area contributed by atoms with Gasteiger partial charge in [-0.05, 0) is 18.4 Å². The molecule has 116 valence electrons. The topological polar surface area (TPSA) is 112 Å². The highest BCUT2D eigenvalue weighted by Crippen LogP contribution is 2.13. The van der Waals surface area contributed by atoms with Crippen molar-refractivity contribution in [1.29, 1.82) is 0 Å². The second kappa shape index (κ2) is 6.38. The third-order valence-electron chi connectivity index (χ3n) is 3.22. The fraction of sp³-hybridized carbons (Fsp3) is 0.333. The lowest BCUT2D eigenvalue weighted by molar-refractivity contribution is -0.139. The largest absolute Gasteiger partial charge is 0.480 e. The van der Waals surface area contributed by atoms with Crippen molar-refractivity contribution in [3.8, 4) is 0 Å². The molecule has 0 aliphatic carbocycles. The molecular formula is C15H17N3O4. The summed E-state index contributed by atoms with van der Waals surface area (Å²) in [7, 11) is 0. The smallest absolute Gasteiger partial charge is 0.326 e. The Morgan fingerprint density at radius 3 is 2.50 bits per heavy atom. The zero-order valence-electron chi connectivity index (χ0n) is 12.3. The van der Waals surface area contributed by atoms with E-state index in [1.807, 2.05) is 13.8 Å². The van der Waals surface area contributed by atoms with Gasteiger partial charge in [-0.1, -0.05) is 32.0 Å². The maximum absolute atomic E-state index is 12.3. The number of hydrogen-bond acceptors (Lipinski definition) is 4. The molecule has 1 atom stereocenters. The van der Waals surface area contributed by atoms with Gasteiger partial charge in [0, 0.05) is 5.39 Å². The Bertz CT molecular complexity index is 767. The van der Waals surface area contributed by atoms with Gasteiger partial charge in [0.25, 0.3) is 11.5 Å². The summed E-state index contributed by atoms with van der Waals surface area (Å²) < 4.78 is 0. The number of nitrogens with zero attached hydrogens (tertiary/aromatic N) is 1. The van der Waals surface area contributed by atoms with Crippen LogP contribution in [0.5, 0.6) is 0 Å². The van der Waals surface area contributed by atoms with Gasteiger partial charge in [0.1, 0.15) is 6.04 Å². The Morgan fingerprint density at radius 2 is 1.91 bits per heavy atom. The van der Waals surface area contributed by atoms with E-state index >= 15 is 0 Å². The highest BCUT2D eigenvalue weighted by Gasteiger charge is 2.23. The first-order valence-corrected chi connectivity index (χ1v) is 6.91. The van der Waals surface area contributed by atoms with Crippen molar-refractivity contribution < 1.29 is 14.7 Å². The first kappa shape index (κ1) is 15.7. The van der Waals surface area contributed by atoms with Crippen molar-refractivity contribution in [2.75, 3.05) is 0 Å². The Kier molecular flexibility index (Phi) is 4.55. The molecule has 7 heteroatoms. The number of hydrogen-bond donors (Lipinski definition) is 3. The molecule has 0 spiro atoms. The standard InChI is InChI=1S/C15H17N3O4/c1-8(2)7-11(15(21)22)16-14(20)12-9-5-3-4-6-10(9)13(19)18-17-12/h3-6,8,11H,7H2,1-2H3,(H,16,20)(H,18,19)(H,21,22)/t11-/m0/s1. The van der Waals surface area contributed by atoms with Crippen molar-refractivity contribution in [1.82, 2.24) is 15.5 Å². The predicted molar refractivity (Wildman–Crippen MR) is 80.7 cm³/mol. The number of carbonyl (C=O) groups excluding carboxylic acids is 1. The Morgan fingerprint density at radius 1 is 1.27 bits per heavy atom. The van der Waals surface area contributed by atoms with Crippen LogP contribution >= 0.6 is 0 Å². The van der Waals surface area contributed by atoms with Crippen LogP contribution in [0.1, 0.15) is 30.8 Å². The molecule has 1 heterocycles. The molecule has 7 nitrogen and oxygen atoms in total. The molecule has 1 aromatic carbocycles. The third kappa shape index (κ3) is 3.30. The van der Waals surface area contributed by atoms with Gasteiger partial charge in [-0.25, -0.2) is 9.89 Å². The lowest BCUT2D eigenvalue weighted by Crippen LogP contribution is -2.42. The molecule has 0 fully saturated rings. The minimum Gasteiger partial charge on any atom is -0.480 e.